The second-order valence-corrected chi connectivity index (χ2v) is 11.3. The second-order valence-electron chi connectivity index (χ2n) is 10.4. The fourth-order valence-corrected chi connectivity index (χ4v) is 4.62. The minimum Gasteiger partial charge on any atom is -0.484 e. The zero-order chi connectivity index (χ0) is 31.1. The van der Waals surface area contributed by atoms with Gasteiger partial charge >= 0.3 is 5.92 Å². The molecule has 0 spiro atoms. The van der Waals surface area contributed by atoms with Crippen molar-refractivity contribution in [2.24, 2.45) is 23.5 Å². The molecule has 2 rings (SSSR count). The quantitative estimate of drug-likeness (QED) is 0.204. The zero-order valence-electron chi connectivity index (χ0n) is 23.0. The van der Waals surface area contributed by atoms with E-state index in [1.807, 2.05) is 0 Å². The van der Waals surface area contributed by atoms with Crippen LogP contribution in [0.2, 0.25) is 10.0 Å². The molecule has 1 unspecified atom stereocenters. The number of ether oxygens (including phenoxy) is 1. The van der Waals surface area contributed by atoms with Crippen molar-refractivity contribution in [2.45, 2.75) is 52.1 Å². The van der Waals surface area contributed by atoms with E-state index in [1.165, 1.54) is 38.1 Å². The van der Waals surface area contributed by atoms with Crippen LogP contribution >= 0.6 is 23.2 Å². The molecule has 0 aliphatic carbocycles. The van der Waals surface area contributed by atoms with Crippen molar-refractivity contribution in [3.63, 3.8) is 0 Å². The summed E-state index contributed by atoms with van der Waals surface area (Å²) in [6.45, 7) is 5.67. The molecule has 0 heterocycles. The molecule has 2 amide bonds. The van der Waals surface area contributed by atoms with E-state index < -0.39 is 65.7 Å². The van der Waals surface area contributed by atoms with Gasteiger partial charge < -0.3 is 21.1 Å². The highest BCUT2D eigenvalue weighted by molar-refractivity contribution is 6.34. The van der Waals surface area contributed by atoms with Crippen LogP contribution in [0.15, 0.2) is 36.4 Å². The van der Waals surface area contributed by atoms with Gasteiger partial charge in [0, 0.05) is 34.6 Å². The highest BCUT2D eigenvalue weighted by Crippen LogP contribution is 2.29. The van der Waals surface area contributed by atoms with E-state index in [0.29, 0.717) is 0 Å². The minimum atomic E-state index is -4.41. The summed E-state index contributed by atoms with van der Waals surface area (Å²) in [5, 5.41) is 5.10. The van der Waals surface area contributed by atoms with Crippen LogP contribution in [0.3, 0.4) is 0 Å². The Morgan fingerprint density at radius 2 is 1.59 bits per heavy atom. The normalized spacial score (nSPS) is 14.0. The van der Waals surface area contributed by atoms with Gasteiger partial charge in [-0.3, -0.25) is 14.4 Å². The topological polar surface area (TPSA) is 111 Å². The van der Waals surface area contributed by atoms with Crippen LogP contribution in [0.25, 0.3) is 0 Å². The van der Waals surface area contributed by atoms with Crippen LogP contribution in [-0.4, -0.2) is 48.8 Å². The van der Waals surface area contributed by atoms with E-state index in [2.05, 4.69) is 10.6 Å². The Labute approximate surface area is 246 Å². The summed E-state index contributed by atoms with van der Waals surface area (Å²) in [6.07, 6.45) is -0.255. The highest BCUT2D eigenvalue weighted by atomic mass is 35.5. The van der Waals surface area contributed by atoms with E-state index in [4.69, 9.17) is 33.7 Å². The summed E-state index contributed by atoms with van der Waals surface area (Å²) in [5.41, 5.74) is 6.52. The molecule has 4 N–H and O–H groups in total. The van der Waals surface area contributed by atoms with Gasteiger partial charge in [-0.2, -0.15) is 8.78 Å². The van der Waals surface area contributed by atoms with Crippen molar-refractivity contribution >= 4 is 40.8 Å². The number of nitrogens with one attached hydrogen (secondary N) is 2. The molecule has 0 aliphatic rings. The smallest absolute Gasteiger partial charge is 0.381 e. The number of benzene rings is 2. The van der Waals surface area contributed by atoms with Gasteiger partial charge in [-0.1, -0.05) is 57.0 Å². The van der Waals surface area contributed by atoms with Crippen molar-refractivity contribution in [1.82, 2.24) is 10.6 Å². The monoisotopic (exact) mass is 621 g/mol. The number of carbonyl (C=O) groups is 3. The first-order chi connectivity index (χ1) is 19.0. The van der Waals surface area contributed by atoms with Crippen molar-refractivity contribution in [1.29, 1.82) is 0 Å². The van der Waals surface area contributed by atoms with Gasteiger partial charge in [-0.15, -0.1) is 0 Å². The van der Waals surface area contributed by atoms with E-state index in [0.717, 1.165) is 12.1 Å². The number of rotatable bonds is 14. The third-order valence-electron chi connectivity index (χ3n) is 6.16. The number of hydrogen-bond acceptors (Lipinski definition) is 5. The Hall–Kier alpha value is -2.89. The molecule has 0 aliphatic heterocycles. The van der Waals surface area contributed by atoms with E-state index >= 15 is 8.78 Å². The Balaban J connectivity index is 2.34. The zero-order valence-corrected chi connectivity index (χ0v) is 24.5. The van der Waals surface area contributed by atoms with Crippen LogP contribution < -0.4 is 21.1 Å². The number of Topliss-reactive ketones (excluding diaryl/α,β-unsaturated/α-hetero) is 1. The minimum absolute atomic E-state index is 0.0766. The number of hydrogen-bond donors (Lipinski definition) is 3. The largest absolute Gasteiger partial charge is 0.484 e. The first-order valence-electron chi connectivity index (χ1n) is 12.8. The molecule has 0 bridgehead atoms. The number of nitrogens with two attached hydrogens (primary N) is 1. The van der Waals surface area contributed by atoms with Gasteiger partial charge in [0.05, 0.1) is 0 Å². The number of carbonyl (C=O) groups excluding carboxylic acids is 3. The third-order valence-corrected chi connectivity index (χ3v) is 6.59. The molecular formula is C28H33Cl2F4N3O4. The molecular weight excluding hydrogens is 589 g/mol. The Morgan fingerprint density at radius 3 is 2.12 bits per heavy atom. The molecule has 0 aromatic heterocycles. The Morgan fingerprint density at radius 1 is 0.976 bits per heavy atom. The number of ketones is 1. The average Bonchev–Trinajstić information content (AvgIpc) is 2.86. The van der Waals surface area contributed by atoms with Crippen LogP contribution in [0.5, 0.6) is 5.75 Å². The fraction of sp³-hybridized carbons (Fsp3) is 0.464. The van der Waals surface area contributed by atoms with Crippen LogP contribution in [0, 0.1) is 29.4 Å². The van der Waals surface area contributed by atoms with Gasteiger partial charge in [-0.25, -0.2) is 8.78 Å². The fourth-order valence-electron chi connectivity index (χ4n) is 4.11. The SMILES string of the molecule is CC(C)CNC(=O)C(F)(F)C(=O)[C@@H](C(C)C)C(N)[C@H](Cc1ccc(F)c(F)c1)NC(=O)COc1cc(Cl)cc(Cl)c1. The molecule has 0 saturated heterocycles. The highest BCUT2D eigenvalue weighted by Gasteiger charge is 2.52. The van der Waals surface area contributed by atoms with Gasteiger partial charge in [-0.05, 0) is 54.2 Å². The molecule has 0 fully saturated rings. The maximum absolute atomic E-state index is 15.0. The molecule has 13 heteroatoms. The van der Waals surface area contributed by atoms with E-state index in [-0.39, 0.29) is 40.2 Å². The summed E-state index contributed by atoms with van der Waals surface area (Å²) in [7, 11) is 0. The van der Waals surface area contributed by atoms with Crippen molar-refractivity contribution in [3.8, 4) is 5.75 Å². The van der Waals surface area contributed by atoms with Crippen LogP contribution in [-0.2, 0) is 20.8 Å². The summed E-state index contributed by atoms with van der Waals surface area (Å²) in [4.78, 5) is 38.2. The van der Waals surface area contributed by atoms with E-state index in [9.17, 15) is 23.2 Å². The lowest BCUT2D eigenvalue weighted by Gasteiger charge is -2.34. The Kier molecular flexibility index (Phi) is 12.4. The van der Waals surface area contributed by atoms with Crippen molar-refractivity contribution in [2.75, 3.05) is 13.2 Å². The second kappa shape index (κ2) is 14.8. The number of amides is 2. The molecule has 3 atom stereocenters. The molecule has 7 nitrogen and oxygen atoms in total. The van der Waals surface area contributed by atoms with Crippen LogP contribution in [0.1, 0.15) is 33.3 Å². The standard InChI is InChI=1S/C28H33Cl2F4N3O4/c1-14(2)12-36-27(40)28(33,34)26(39)24(15(3)4)25(35)22(8-16-5-6-20(31)21(32)7-16)37-23(38)13-41-19-10-17(29)9-18(30)11-19/h5-7,9-11,14-15,22,24-25H,8,12-13,35H2,1-4H3,(H,36,40)(H,37,38)/t22-,24-,25?/m0/s1. The van der Waals surface area contributed by atoms with Gasteiger partial charge in [0.1, 0.15) is 5.75 Å². The maximum atomic E-state index is 15.0. The summed E-state index contributed by atoms with van der Waals surface area (Å²) in [6, 6.07) is 4.53. The van der Waals surface area contributed by atoms with Gasteiger partial charge in [0.15, 0.2) is 18.2 Å². The maximum Gasteiger partial charge on any atom is 0.381 e. The summed E-state index contributed by atoms with van der Waals surface area (Å²) in [5.74, 6) is -13.3. The molecule has 226 valence electrons. The molecule has 41 heavy (non-hydrogen) atoms. The predicted octanol–water partition coefficient (Wildman–Crippen LogP) is 4.95. The molecule has 0 radical (unpaired) electrons. The summed E-state index contributed by atoms with van der Waals surface area (Å²) < 4.78 is 62.9. The first kappa shape index (κ1) is 34.3. The molecule has 2 aromatic rings. The average molecular weight is 622 g/mol. The lowest BCUT2D eigenvalue weighted by atomic mass is 9.78. The van der Waals surface area contributed by atoms with Crippen molar-refractivity contribution in [3.05, 3.63) is 63.6 Å². The van der Waals surface area contributed by atoms with Crippen molar-refractivity contribution < 1.29 is 36.7 Å². The number of alkyl halides is 2. The predicted molar refractivity (Wildman–Crippen MR) is 148 cm³/mol. The first-order valence-corrected chi connectivity index (χ1v) is 13.6. The Bertz CT molecular complexity index is 1230. The molecule has 2 aromatic carbocycles. The van der Waals surface area contributed by atoms with E-state index in [1.54, 1.807) is 13.8 Å². The molecule has 0 saturated carbocycles. The van der Waals surface area contributed by atoms with Gasteiger partial charge in [0.2, 0.25) is 5.78 Å². The number of halogens is 6. The van der Waals surface area contributed by atoms with Gasteiger partial charge in [0.25, 0.3) is 11.8 Å². The summed E-state index contributed by atoms with van der Waals surface area (Å²) >= 11 is 11.9. The lowest BCUT2D eigenvalue weighted by Crippen LogP contribution is -2.60. The van der Waals surface area contributed by atoms with Crippen LogP contribution in [0.4, 0.5) is 17.6 Å². The third kappa shape index (κ3) is 9.86. The lowest BCUT2D eigenvalue weighted by molar-refractivity contribution is -0.162.